The Balaban J connectivity index is 1.92. The molecule has 8 nitrogen and oxygen atoms in total. The predicted molar refractivity (Wildman–Crippen MR) is 112 cm³/mol. The normalized spacial score (nSPS) is 14.8. The van der Waals surface area contributed by atoms with Gasteiger partial charge in [0.15, 0.2) is 5.65 Å². The molecule has 1 saturated heterocycles. The Kier molecular flexibility index (Phi) is 5.26. The molecule has 1 amide bonds. The van der Waals surface area contributed by atoms with Gasteiger partial charge in [0.1, 0.15) is 5.56 Å². The molecule has 0 spiro atoms. The first-order valence-corrected chi connectivity index (χ1v) is 9.90. The number of aromatic nitrogens is 3. The van der Waals surface area contributed by atoms with E-state index in [1.54, 1.807) is 4.57 Å². The minimum absolute atomic E-state index is 0.0823. The van der Waals surface area contributed by atoms with Crippen LogP contribution in [0.5, 0.6) is 0 Å². The van der Waals surface area contributed by atoms with Gasteiger partial charge in [0.25, 0.3) is 5.91 Å². The van der Waals surface area contributed by atoms with Crippen molar-refractivity contribution in [2.75, 3.05) is 24.6 Å². The second-order valence-corrected chi connectivity index (χ2v) is 7.08. The fraction of sp³-hybridized carbons (Fsp3) is 0.333. The van der Waals surface area contributed by atoms with Crippen LogP contribution in [0.2, 0.25) is 0 Å². The van der Waals surface area contributed by atoms with Crippen molar-refractivity contribution in [2.24, 2.45) is 5.73 Å². The monoisotopic (exact) mass is 392 g/mol. The lowest BCUT2D eigenvalue weighted by Gasteiger charge is -2.36. The van der Waals surface area contributed by atoms with Crippen molar-refractivity contribution < 1.29 is 4.79 Å². The molecule has 1 aliphatic heterocycles. The molecule has 1 fully saturated rings. The maximum absolute atomic E-state index is 12.8. The Morgan fingerprint density at radius 1 is 1.17 bits per heavy atom. The van der Waals surface area contributed by atoms with Gasteiger partial charge in [-0.25, -0.2) is 9.99 Å². The number of hydrogen-bond donors (Lipinski definition) is 1. The molecule has 8 heteroatoms. The van der Waals surface area contributed by atoms with Crippen LogP contribution in [0.1, 0.15) is 36.5 Å². The third-order valence-electron chi connectivity index (χ3n) is 5.24. The molecule has 0 atom stereocenters. The van der Waals surface area contributed by atoms with Crippen LogP contribution in [0.3, 0.4) is 0 Å². The van der Waals surface area contributed by atoms with E-state index >= 15 is 0 Å². The number of hydrazine groups is 1. The van der Waals surface area contributed by atoms with E-state index in [-0.39, 0.29) is 10.9 Å². The van der Waals surface area contributed by atoms with E-state index in [1.807, 2.05) is 30.3 Å². The lowest BCUT2D eigenvalue weighted by Crippen LogP contribution is -2.46. The highest BCUT2D eigenvalue weighted by Gasteiger charge is 2.22. The third kappa shape index (κ3) is 3.58. The number of fused-ring (bicyclic) bond motifs is 1. The predicted octanol–water partition coefficient (Wildman–Crippen LogP) is 2.11. The van der Waals surface area contributed by atoms with Gasteiger partial charge in [-0.1, -0.05) is 24.6 Å². The Labute approximate surface area is 168 Å². The first kappa shape index (κ1) is 19.1. The fourth-order valence-corrected chi connectivity index (χ4v) is 3.77. The number of primary amides is 1. The maximum Gasteiger partial charge on any atom is 0.254 e. The van der Waals surface area contributed by atoms with Crippen molar-refractivity contribution >= 4 is 22.9 Å². The summed E-state index contributed by atoms with van der Waals surface area (Å²) in [5.41, 5.74) is 6.14. The molecule has 3 aromatic rings. The summed E-state index contributed by atoms with van der Waals surface area (Å²) in [5.74, 6) is -0.230. The average molecular weight is 392 g/mol. The second-order valence-electron chi connectivity index (χ2n) is 7.08. The summed E-state index contributed by atoms with van der Waals surface area (Å²) >= 11 is 0. The first-order valence-electron chi connectivity index (χ1n) is 9.90. The van der Waals surface area contributed by atoms with Crippen molar-refractivity contribution in [1.82, 2.24) is 19.5 Å². The fourth-order valence-electron chi connectivity index (χ4n) is 3.77. The molecule has 2 aromatic heterocycles. The van der Waals surface area contributed by atoms with Crippen molar-refractivity contribution in [2.45, 2.75) is 26.2 Å². The minimum atomic E-state index is -0.769. The smallest absolute Gasteiger partial charge is 0.254 e. The topological polar surface area (TPSA) is 97.3 Å². The second kappa shape index (κ2) is 8.00. The van der Waals surface area contributed by atoms with Gasteiger partial charge in [-0.3, -0.25) is 14.6 Å². The van der Waals surface area contributed by atoms with Crippen LogP contribution in [0, 0.1) is 0 Å². The summed E-state index contributed by atoms with van der Waals surface area (Å²) in [4.78, 5) is 33.8. The van der Waals surface area contributed by atoms with Crippen molar-refractivity contribution in [3.63, 3.8) is 0 Å². The molecular formula is C21H24N6O2. The van der Waals surface area contributed by atoms with Crippen molar-refractivity contribution in [3.8, 4) is 5.69 Å². The number of piperidine rings is 1. The number of amides is 1. The quantitative estimate of drug-likeness (QED) is 0.714. The van der Waals surface area contributed by atoms with E-state index in [9.17, 15) is 9.59 Å². The average Bonchev–Trinajstić information content (AvgIpc) is 2.76. The number of nitrogens with zero attached hydrogens (tertiary/aromatic N) is 5. The molecule has 3 heterocycles. The Bertz CT molecular complexity index is 1090. The standard InChI is InChI=1S/C21H24N6O2/c1-2-27(25-11-7-4-8-12-25)21-23-13-16-18(28)17(19(22)29)14-26(20(16)24-21)15-9-5-3-6-10-15/h3,5-6,9-10,13-14H,2,4,7-8,11-12H2,1H3,(H2,22,29). The molecule has 0 radical (unpaired) electrons. The van der Waals surface area contributed by atoms with Crippen molar-refractivity contribution in [3.05, 3.63) is 58.5 Å². The summed E-state index contributed by atoms with van der Waals surface area (Å²) in [6.07, 6.45) is 6.48. The van der Waals surface area contributed by atoms with Crippen LogP contribution in [0.4, 0.5) is 5.95 Å². The molecule has 1 aromatic carbocycles. The summed E-state index contributed by atoms with van der Waals surface area (Å²) in [5, 5.41) is 4.58. The zero-order valence-corrected chi connectivity index (χ0v) is 16.4. The number of rotatable bonds is 5. The number of carbonyl (C=O) groups is 1. The van der Waals surface area contributed by atoms with Gasteiger partial charge in [0, 0.05) is 37.7 Å². The van der Waals surface area contributed by atoms with Gasteiger partial charge in [-0.15, -0.1) is 0 Å². The number of anilines is 1. The number of carbonyl (C=O) groups excluding carboxylic acids is 1. The Hall–Kier alpha value is -3.26. The zero-order valence-electron chi connectivity index (χ0n) is 16.4. The molecule has 2 N–H and O–H groups in total. The number of pyridine rings is 1. The minimum Gasteiger partial charge on any atom is -0.365 e. The number of para-hydroxylation sites is 1. The van der Waals surface area contributed by atoms with Crippen LogP contribution >= 0.6 is 0 Å². The zero-order chi connectivity index (χ0) is 20.4. The van der Waals surface area contributed by atoms with Gasteiger partial charge in [-0.2, -0.15) is 4.98 Å². The molecule has 29 heavy (non-hydrogen) atoms. The van der Waals surface area contributed by atoms with Gasteiger partial charge in [-0.05, 0) is 31.9 Å². The molecular weight excluding hydrogens is 368 g/mol. The van der Waals surface area contributed by atoms with E-state index in [0.717, 1.165) is 38.2 Å². The van der Waals surface area contributed by atoms with E-state index in [0.29, 0.717) is 11.6 Å². The summed E-state index contributed by atoms with van der Waals surface area (Å²) in [7, 11) is 0. The van der Waals surface area contributed by atoms with Crippen LogP contribution in [-0.4, -0.2) is 45.1 Å². The van der Waals surface area contributed by atoms with Gasteiger partial charge in [0.2, 0.25) is 11.4 Å². The largest absolute Gasteiger partial charge is 0.365 e. The van der Waals surface area contributed by atoms with E-state index in [2.05, 4.69) is 21.9 Å². The first-order chi connectivity index (χ1) is 14.1. The van der Waals surface area contributed by atoms with Gasteiger partial charge < -0.3 is 10.3 Å². The molecule has 0 saturated carbocycles. The van der Waals surface area contributed by atoms with Crippen LogP contribution in [0.15, 0.2) is 47.5 Å². The number of benzene rings is 1. The van der Waals surface area contributed by atoms with E-state index < -0.39 is 11.3 Å². The van der Waals surface area contributed by atoms with Crippen LogP contribution in [-0.2, 0) is 0 Å². The van der Waals surface area contributed by atoms with E-state index in [1.165, 1.54) is 18.8 Å². The Morgan fingerprint density at radius 2 is 1.90 bits per heavy atom. The number of nitrogens with two attached hydrogens (primary N) is 1. The molecule has 1 aliphatic rings. The third-order valence-corrected chi connectivity index (χ3v) is 5.24. The highest BCUT2D eigenvalue weighted by atomic mass is 16.2. The molecule has 0 bridgehead atoms. The van der Waals surface area contributed by atoms with Gasteiger partial charge >= 0.3 is 0 Å². The SMILES string of the molecule is CCN(c1ncc2c(=O)c(C(N)=O)cn(-c3ccccc3)c2n1)N1CCCCC1. The van der Waals surface area contributed by atoms with Crippen molar-refractivity contribution in [1.29, 1.82) is 0 Å². The summed E-state index contributed by atoms with van der Waals surface area (Å²) in [6.45, 7) is 4.70. The number of hydrogen-bond acceptors (Lipinski definition) is 6. The molecule has 0 unspecified atom stereocenters. The highest BCUT2D eigenvalue weighted by molar-refractivity contribution is 5.96. The molecule has 4 rings (SSSR count). The summed E-state index contributed by atoms with van der Waals surface area (Å²) in [6, 6.07) is 9.45. The molecule has 150 valence electrons. The summed E-state index contributed by atoms with van der Waals surface area (Å²) < 4.78 is 1.73. The lowest BCUT2D eigenvalue weighted by molar-refractivity contribution is 0.0999. The lowest BCUT2D eigenvalue weighted by atomic mass is 10.2. The van der Waals surface area contributed by atoms with Crippen LogP contribution in [0.25, 0.3) is 16.7 Å². The Morgan fingerprint density at radius 3 is 2.55 bits per heavy atom. The van der Waals surface area contributed by atoms with Gasteiger partial charge in [0.05, 0.1) is 5.39 Å². The van der Waals surface area contributed by atoms with E-state index in [4.69, 9.17) is 10.7 Å². The van der Waals surface area contributed by atoms with Crippen LogP contribution < -0.4 is 16.2 Å². The maximum atomic E-state index is 12.8. The molecule has 0 aliphatic carbocycles. The highest BCUT2D eigenvalue weighted by Crippen LogP contribution is 2.21.